The van der Waals surface area contributed by atoms with Crippen LogP contribution in [0.1, 0.15) is 0 Å². The number of nitrogens with two attached hydrogens (primary N) is 1. The molecule has 5 nitrogen and oxygen atoms in total. The Bertz CT molecular complexity index is 670. The van der Waals surface area contributed by atoms with E-state index >= 15 is 0 Å². The molecular formula is C12H13N3O2S2. The number of nitrogen functional groups attached to an aromatic ring is 1. The average molecular weight is 295 g/mol. The quantitative estimate of drug-likeness (QED) is 0.845. The summed E-state index contributed by atoms with van der Waals surface area (Å²) in [5, 5.41) is 0. The van der Waals surface area contributed by atoms with Gasteiger partial charge in [-0.3, -0.25) is 4.72 Å². The smallest absolute Gasteiger partial charge is 0.263 e. The maximum absolute atomic E-state index is 12.2. The summed E-state index contributed by atoms with van der Waals surface area (Å²) in [5.74, 6) is 0.281. The first-order valence-electron chi connectivity index (χ1n) is 5.40. The topological polar surface area (TPSA) is 85.1 Å². The van der Waals surface area contributed by atoms with E-state index in [1.165, 1.54) is 30.1 Å². The Morgan fingerprint density at radius 3 is 2.58 bits per heavy atom. The van der Waals surface area contributed by atoms with Crippen molar-refractivity contribution in [1.82, 2.24) is 4.98 Å². The lowest BCUT2D eigenvalue weighted by Crippen LogP contribution is -2.13. The minimum Gasteiger partial charge on any atom is -0.384 e. The third-order valence-corrected chi connectivity index (χ3v) is 4.57. The van der Waals surface area contributed by atoms with Crippen LogP contribution in [0, 0.1) is 0 Å². The molecule has 0 atom stereocenters. The van der Waals surface area contributed by atoms with Crippen LogP contribution in [-0.4, -0.2) is 19.7 Å². The van der Waals surface area contributed by atoms with E-state index in [4.69, 9.17) is 5.73 Å². The molecule has 0 unspecified atom stereocenters. The highest BCUT2D eigenvalue weighted by atomic mass is 32.2. The molecule has 0 aliphatic heterocycles. The van der Waals surface area contributed by atoms with Gasteiger partial charge in [-0.15, -0.1) is 11.8 Å². The molecule has 100 valence electrons. The van der Waals surface area contributed by atoms with Crippen molar-refractivity contribution in [1.29, 1.82) is 0 Å². The molecular weight excluding hydrogens is 282 g/mol. The minimum atomic E-state index is -3.64. The Kier molecular flexibility index (Phi) is 3.96. The zero-order chi connectivity index (χ0) is 13.9. The molecule has 0 aliphatic rings. The molecule has 3 N–H and O–H groups in total. The molecule has 19 heavy (non-hydrogen) atoms. The van der Waals surface area contributed by atoms with Crippen molar-refractivity contribution in [2.24, 2.45) is 0 Å². The van der Waals surface area contributed by atoms with E-state index in [0.29, 0.717) is 5.69 Å². The molecule has 0 spiro atoms. The highest BCUT2D eigenvalue weighted by Gasteiger charge is 2.15. The molecule has 7 heteroatoms. The fourth-order valence-electron chi connectivity index (χ4n) is 1.48. The van der Waals surface area contributed by atoms with Crippen molar-refractivity contribution < 1.29 is 8.42 Å². The highest BCUT2D eigenvalue weighted by molar-refractivity contribution is 7.99. The van der Waals surface area contributed by atoms with Crippen molar-refractivity contribution in [3.05, 3.63) is 42.6 Å². The summed E-state index contributed by atoms with van der Waals surface area (Å²) < 4.78 is 26.9. The van der Waals surface area contributed by atoms with Gasteiger partial charge in [-0.1, -0.05) is 12.1 Å². The first-order valence-corrected chi connectivity index (χ1v) is 8.11. The summed E-state index contributed by atoms with van der Waals surface area (Å²) in [6.07, 6.45) is 3.12. The number of anilines is 2. The molecule has 0 bridgehead atoms. The predicted molar refractivity (Wildman–Crippen MR) is 77.7 cm³/mol. The maximum atomic E-state index is 12.2. The number of nitrogens with one attached hydrogen (secondary N) is 1. The second kappa shape index (κ2) is 5.50. The molecule has 1 heterocycles. The summed E-state index contributed by atoms with van der Waals surface area (Å²) in [7, 11) is -3.64. The van der Waals surface area contributed by atoms with Crippen LogP contribution in [0.25, 0.3) is 0 Å². The van der Waals surface area contributed by atoms with Crippen LogP contribution < -0.4 is 10.5 Å². The van der Waals surface area contributed by atoms with Crippen molar-refractivity contribution in [3.8, 4) is 0 Å². The van der Waals surface area contributed by atoms with Crippen LogP contribution in [0.2, 0.25) is 0 Å². The molecule has 0 radical (unpaired) electrons. The summed E-state index contributed by atoms with van der Waals surface area (Å²) >= 11 is 1.47. The van der Waals surface area contributed by atoms with Gasteiger partial charge in [0, 0.05) is 11.1 Å². The Morgan fingerprint density at radius 2 is 1.95 bits per heavy atom. The van der Waals surface area contributed by atoms with Crippen LogP contribution in [0.15, 0.2) is 52.4 Å². The van der Waals surface area contributed by atoms with Gasteiger partial charge in [0.05, 0.1) is 5.69 Å². The molecule has 0 amide bonds. The lowest BCUT2D eigenvalue weighted by atomic mass is 10.3. The second-order valence-corrected chi connectivity index (χ2v) is 6.26. The number of para-hydroxylation sites is 1. The van der Waals surface area contributed by atoms with Crippen molar-refractivity contribution in [2.75, 3.05) is 16.7 Å². The Balaban J connectivity index is 2.34. The van der Waals surface area contributed by atoms with Crippen LogP contribution >= 0.6 is 11.8 Å². The standard InChI is InChI=1S/C12H13N3O2S2/c1-18-11-5-3-2-4-10(11)15-19(16,17)9-6-7-12(13)14-8-9/h2-8,15H,1H3,(H2,13,14). The first kappa shape index (κ1) is 13.7. The summed E-state index contributed by atoms with van der Waals surface area (Å²) in [6, 6.07) is 10.1. The van der Waals surface area contributed by atoms with E-state index in [9.17, 15) is 8.42 Å². The van der Waals surface area contributed by atoms with E-state index < -0.39 is 10.0 Å². The summed E-state index contributed by atoms with van der Waals surface area (Å²) in [6.45, 7) is 0. The minimum absolute atomic E-state index is 0.0811. The number of rotatable bonds is 4. The number of thioether (sulfide) groups is 1. The fourth-order valence-corrected chi connectivity index (χ4v) is 3.13. The molecule has 0 saturated carbocycles. The van der Waals surface area contributed by atoms with Crippen molar-refractivity contribution >= 4 is 33.3 Å². The summed E-state index contributed by atoms with van der Waals surface area (Å²) in [4.78, 5) is 4.72. The second-order valence-electron chi connectivity index (χ2n) is 3.72. The lowest BCUT2D eigenvalue weighted by Gasteiger charge is -2.10. The Morgan fingerprint density at radius 1 is 1.21 bits per heavy atom. The van der Waals surface area contributed by atoms with Gasteiger partial charge in [0.2, 0.25) is 0 Å². The molecule has 2 rings (SSSR count). The molecule has 1 aromatic carbocycles. The maximum Gasteiger partial charge on any atom is 0.263 e. The van der Waals surface area contributed by atoms with E-state index in [1.54, 1.807) is 12.1 Å². The van der Waals surface area contributed by atoms with Gasteiger partial charge in [-0.2, -0.15) is 0 Å². The number of aromatic nitrogens is 1. The Labute approximate surface area is 116 Å². The lowest BCUT2D eigenvalue weighted by molar-refractivity contribution is 0.601. The normalized spacial score (nSPS) is 11.2. The van der Waals surface area contributed by atoms with Crippen LogP contribution in [0.4, 0.5) is 11.5 Å². The van der Waals surface area contributed by atoms with Crippen LogP contribution in [-0.2, 0) is 10.0 Å². The van der Waals surface area contributed by atoms with E-state index in [-0.39, 0.29) is 10.7 Å². The zero-order valence-corrected chi connectivity index (χ0v) is 11.8. The zero-order valence-electron chi connectivity index (χ0n) is 10.2. The van der Waals surface area contributed by atoms with Gasteiger partial charge >= 0.3 is 0 Å². The summed E-state index contributed by atoms with van der Waals surface area (Å²) in [5.41, 5.74) is 5.99. The first-order chi connectivity index (χ1) is 9.03. The highest BCUT2D eigenvalue weighted by Crippen LogP contribution is 2.26. The number of benzene rings is 1. The molecule has 0 aliphatic carbocycles. The van der Waals surface area contributed by atoms with Gasteiger partial charge in [0.1, 0.15) is 10.7 Å². The molecule has 2 aromatic rings. The van der Waals surface area contributed by atoms with E-state index in [2.05, 4.69) is 9.71 Å². The molecule has 0 fully saturated rings. The van der Waals surface area contributed by atoms with Crippen molar-refractivity contribution in [3.63, 3.8) is 0 Å². The van der Waals surface area contributed by atoms with Gasteiger partial charge in [-0.05, 0) is 30.5 Å². The van der Waals surface area contributed by atoms with Crippen LogP contribution in [0.3, 0.4) is 0 Å². The number of hydrogen-bond donors (Lipinski definition) is 2. The van der Waals surface area contributed by atoms with Gasteiger partial charge in [-0.25, -0.2) is 13.4 Å². The van der Waals surface area contributed by atoms with E-state index in [0.717, 1.165) is 4.90 Å². The number of hydrogen-bond acceptors (Lipinski definition) is 5. The third kappa shape index (κ3) is 3.18. The molecule has 0 saturated heterocycles. The number of sulfonamides is 1. The third-order valence-electron chi connectivity index (χ3n) is 2.42. The largest absolute Gasteiger partial charge is 0.384 e. The fraction of sp³-hybridized carbons (Fsp3) is 0.0833. The molecule has 1 aromatic heterocycles. The monoisotopic (exact) mass is 295 g/mol. The van der Waals surface area contributed by atoms with Crippen LogP contribution in [0.5, 0.6) is 0 Å². The van der Waals surface area contributed by atoms with Gasteiger partial charge in [0.15, 0.2) is 0 Å². The number of nitrogens with zero attached hydrogens (tertiary/aromatic N) is 1. The number of pyridine rings is 1. The van der Waals surface area contributed by atoms with Gasteiger partial charge < -0.3 is 5.73 Å². The predicted octanol–water partition coefficient (Wildman–Crippen LogP) is 2.19. The average Bonchev–Trinajstić information content (AvgIpc) is 2.39. The van der Waals surface area contributed by atoms with Gasteiger partial charge in [0.25, 0.3) is 10.0 Å². The Hall–Kier alpha value is -1.73. The van der Waals surface area contributed by atoms with E-state index in [1.807, 2.05) is 18.4 Å². The SMILES string of the molecule is CSc1ccccc1NS(=O)(=O)c1ccc(N)nc1. The van der Waals surface area contributed by atoms with Crippen molar-refractivity contribution in [2.45, 2.75) is 9.79 Å².